The smallest absolute Gasteiger partial charge is 0.194 e. The summed E-state index contributed by atoms with van der Waals surface area (Å²) in [7, 11) is 0. The number of hydrogen-bond donors (Lipinski definition) is 1. The number of hydrogen-bond acceptors (Lipinski definition) is 3. The minimum atomic E-state index is -2.02. The molecule has 1 aliphatic carbocycles. The van der Waals surface area contributed by atoms with Crippen molar-refractivity contribution in [2.24, 2.45) is 0 Å². The highest BCUT2D eigenvalue weighted by Gasteiger charge is 2.30. The molecular weight excluding hydrogens is 288 g/mol. The van der Waals surface area contributed by atoms with Gasteiger partial charge in [0.2, 0.25) is 0 Å². The van der Waals surface area contributed by atoms with Gasteiger partial charge in [-0.2, -0.15) is 0 Å². The van der Waals surface area contributed by atoms with E-state index in [0.717, 1.165) is 0 Å². The molecule has 1 N–H and O–H groups in total. The average Bonchev–Trinajstić information content (AvgIpc) is 2.51. The summed E-state index contributed by atoms with van der Waals surface area (Å²) in [6, 6.07) is 11.4. The van der Waals surface area contributed by atoms with Crippen LogP contribution < -0.4 is 0 Å². The molecule has 2 atom stereocenters. The highest BCUT2D eigenvalue weighted by atomic mass is 32.2. The summed E-state index contributed by atoms with van der Waals surface area (Å²) in [6.45, 7) is 1.60. The molecule has 0 fully saturated rings. The van der Waals surface area contributed by atoms with Crippen LogP contribution in [0.25, 0.3) is 0 Å². The van der Waals surface area contributed by atoms with Crippen LogP contribution in [-0.4, -0.2) is 20.3 Å². The third kappa shape index (κ3) is 2.14. The Morgan fingerprint density at radius 1 is 0.905 bits per heavy atom. The molecule has 0 spiro atoms. The maximum atomic E-state index is 12.5. The van der Waals surface area contributed by atoms with E-state index in [4.69, 9.17) is 0 Å². The standard InChI is InChI=1S/C16H12O4S/c1-9(21(19)20)10-6-7-13-14(8-10)16(18)12-5-3-2-4-11(12)15(13)17/h2-9H,1H3,(H,19,20). The molecule has 0 saturated carbocycles. The van der Waals surface area contributed by atoms with E-state index in [-0.39, 0.29) is 11.6 Å². The maximum Gasteiger partial charge on any atom is 0.194 e. The van der Waals surface area contributed by atoms with E-state index in [1.165, 1.54) is 0 Å². The Labute approximate surface area is 124 Å². The quantitative estimate of drug-likeness (QED) is 0.739. The second kappa shape index (κ2) is 5.02. The Bertz CT molecular complexity index is 795. The zero-order valence-electron chi connectivity index (χ0n) is 11.2. The second-order valence-corrected chi connectivity index (χ2v) is 6.19. The van der Waals surface area contributed by atoms with Crippen molar-refractivity contribution in [3.63, 3.8) is 0 Å². The van der Waals surface area contributed by atoms with Crippen molar-refractivity contribution in [2.75, 3.05) is 0 Å². The van der Waals surface area contributed by atoms with Gasteiger partial charge in [-0.3, -0.25) is 9.59 Å². The van der Waals surface area contributed by atoms with Gasteiger partial charge in [0, 0.05) is 22.3 Å². The van der Waals surface area contributed by atoms with Crippen molar-refractivity contribution < 1.29 is 18.4 Å². The Hall–Kier alpha value is -2.11. The normalized spacial score (nSPS) is 16.1. The molecule has 21 heavy (non-hydrogen) atoms. The Kier molecular flexibility index (Phi) is 3.31. The zero-order valence-corrected chi connectivity index (χ0v) is 12.0. The molecule has 2 aromatic rings. The van der Waals surface area contributed by atoms with Gasteiger partial charge < -0.3 is 4.55 Å². The van der Waals surface area contributed by atoms with Crippen molar-refractivity contribution in [3.8, 4) is 0 Å². The molecule has 0 radical (unpaired) electrons. The predicted molar refractivity (Wildman–Crippen MR) is 78.9 cm³/mol. The Morgan fingerprint density at radius 3 is 2.00 bits per heavy atom. The third-order valence-electron chi connectivity index (χ3n) is 3.72. The first kappa shape index (κ1) is 13.9. The molecule has 106 valence electrons. The second-order valence-electron chi connectivity index (χ2n) is 4.93. The molecule has 0 amide bonds. The van der Waals surface area contributed by atoms with Gasteiger partial charge >= 0.3 is 0 Å². The van der Waals surface area contributed by atoms with Crippen LogP contribution in [0.1, 0.15) is 49.6 Å². The van der Waals surface area contributed by atoms with Crippen molar-refractivity contribution in [2.45, 2.75) is 12.2 Å². The number of carbonyl (C=O) groups excluding carboxylic acids is 2. The lowest BCUT2D eigenvalue weighted by Crippen LogP contribution is -2.21. The summed E-state index contributed by atoms with van der Waals surface area (Å²) in [5.74, 6) is -0.414. The van der Waals surface area contributed by atoms with Crippen LogP contribution in [0.4, 0.5) is 0 Å². The molecule has 4 nitrogen and oxygen atoms in total. The Morgan fingerprint density at radius 2 is 1.43 bits per heavy atom. The molecule has 0 heterocycles. The number of rotatable bonds is 2. The van der Waals surface area contributed by atoms with E-state index in [1.807, 2.05) is 0 Å². The van der Waals surface area contributed by atoms with Crippen molar-refractivity contribution in [1.29, 1.82) is 0 Å². The molecule has 0 saturated heterocycles. The van der Waals surface area contributed by atoms with Gasteiger partial charge in [-0.25, -0.2) is 4.21 Å². The first-order valence-corrected chi connectivity index (χ1v) is 7.59. The van der Waals surface area contributed by atoms with Crippen LogP contribution in [0.15, 0.2) is 42.5 Å². The van der Waals surface area contributed by atoms with E-state index < -0.39 is 16.3 Å². The number of fused-ring (bicyclic) bond motifs is 2. The highest BCUT2D eigenvalue weighted by molar-refractivity contribution is 7.79. The molecule has 3 rings (SSSR count). The molecule has 0 aliphatic heterocycles. The Balaban J connectivity index is 2.17. The summed E-state index contributed by atoms with van der Waals surface area (Å²) in [5.41, 5.74) is 1.99. The molecule has 5 heteroatoms. The molecule has 2 aromatic carbocycles. The van der Waals surface area contributed by atoms with Gasteiger partial charge in [-0.1, -0.05) is 30.3 Å². The van der Waals surface area contributed by atoms with Crippen LogP contribution in [-0.2, 0) is 11.1 Å². The zero-order chi connectivity index (χ0) is 15.1. The van der Waals surface area contributed by atoms with Gasteiger partial charge in [-0.05, 0) is 24.6 Å². The van der Waals surface area contributed by atoms with E-state index in [2.05, 4.69) is 0 Å². The molecular formula is C16H12O4S. The number of benzene rings is 2. The van der Waals surface area contributed by atoms with Crippen LogP contribution in [0.5, 0.6) is 0 Å². The highest BCUT2D eigenvalue weighted by Crippen LogP contribution is 2.30. The first-order chi connectivity index (χ1) is 10.0. The fraction of sp³-hybridized carbons (Fsp3) is 0.125. The lowest BCUT2D eigenvalue weighted by molar-refractivity contribution is 0.0979. The van der Waals surface area contributed by atoms with Crippen LogP contribution in [0.3, 0.4) is 0 Å². The van der Waals surface area contributed by atoms with Crippen LogP contribution >= 0.6 is 0 Å². The van der Waals surface area contributed by atoms with Crippen molar-refractivity contribution >= 4 is 22.6 Å². The minimum absolute atomic E-state index is 0.190. The third-order valence-corrected chi connectivity index (χ3v) is 4.60. The molecule has 2 unspecified atom stereocenters. The summed E-state index contributed by atoms with van der Waals surface area (Å²) in [6.07, 6.45) is 0. The van der Waals surface area contributed by atoms with E-state index in [1.54, 1.807) is 49.4 Å². The van der Waals surface area contributed by atoms with E-state index in [9.17, 15) is 18.4 Å². The lowest BCUT2D eigenvalue weighted by Gasteiger charge is -2.19. The topological polar surface area (TPSA) is 71.4 Å². The van der Waals surface area contributed by atoms with Gasteiger partial charge in [0.25, 0.3) is 0 Å². The fourth-order valence-corrected chi connectivity index (χ4v) is 2.87. The van der Waals surface area contributed by atoms with Crippen LogP contribution in [0, 0.1) is 0 Å². The minimum Gasteiger partial charge on any atom is -0.306 e. The fourth-order valence-electron chi connectivity index (χ4n) is 2.49. The maximum absolute atomic E-state index is 12.5. The van der Waals surface area contributed by atoms with Crippen molar-refractivity contribution in [1.82, 2.24) is 0 Å². The van der Waals surface area contributed by atoms with Gasteiger partial charge in [0.1, 0.15) is 0 Å². The monoisotopic (exact) mass is 300 g/mol. The lowest BCUT2D eigenvalue weighted by atomic mass is 9.83. The summed E-state index contributed by atoms with van der Waals surface area (Å²) < 4.78 is 20.3. The SMILES string of the molecule is CC(c1ccc2c(c1)C(=O)c1ccccc1C2=O)S(=O)O. The summed E-state index contributed by atoms with van der Waals surface area (Å²) in [5, 5.41) is -0.615. The average molecular weight is 300 g/mol. The van der Waals surface area contributed by atoms with Crippen LogP contribution in [0.2, 0.25) is 0 Å². The number of carbonyl (C=O) groups is 2. The first-order valence-electron chi connectivity index (χ1n) is 6.42. The van der Waals surface area contributed by atoms with Crippen molar-refractivity contribution in [3.05, 3.63) is 70.3 Å². The predicted octanol–water partition coefficient (Wildman–Crippen LogP) is 2.74. The molecule has 1 aliphatic rings. The summed E-state index contributed by atoms with van der Waals surface area (Å²) in [4.78, 5) is 24.9. The van der Waals surface area contributed by atoms with Gasteiger partial charge in [-0.15, -0.1) is 0 Å². The molecule has 0 aromatic heterocycles. The van der Waals surface area contributed by atoms with Gasteiger partial charge in [0.15, 0.2) is 22.6 Å². The van der Waals surface area contributed by atoms with Gasteiger partial charge in [0.05, 0.1) is 5.25 Å². The largest absolute Gasteiger partial charge is 0.306 e. The van der Waals surface area contributed by atoms with E-state index in [0.29, 0.717) is 27.8 Å². The number of ketones is 2. The van der Waals surface area contributed by atoms with E-state index >= 15 is 0 Å². The summed E-state index contributed by atoms with van der Waals surface area (Å²) >= 11 is -2.02. The molecule has 0 bridgehead atoms.